The zero-order valence-electron chi connectivity index (χ0n) is 14.0. The minimum Gasteiger partial charge on any atom is -0.454 e. The molecule has 2 aromatic rings. The molecule has 1 aromatic heterocycles. The Morgan fingerprint density at radius 2 is 2.08 bits per heavy atom. The summed E-state index contributed by atoms with van der Waals surface area (Å²) in [4.78, 5) is 14.9. The first kappa shape index (κ1) is 15.1. The summed E-state index contributed by atoms with van der Waals surface area (Å²) < 4.78 is 12.7. The van der Waals surface area contributed by atoms with Crippen LogP contribution in [0.25, 0.3) is 0 Å². The van der Waals surface area contributed by atoms with Gasteiger partial charge in [-0.05, 0) is 51.0 Å². The number of amides is 1. The summed E-state index contributed by atoms with van der Waals surface area (Å²) in [6.07, 6.45) is 2.04. The highest BCUT2D eigenvalue weighted by Gasteiger charge is 2.31. The number of benzene rings is 1. The van der Waals surface area contributed by atoms with Gasteiger partial charge in [0.2, 0.25) is 6.79 Å². The largest absolute Gasteiger partial charge is 0.454 e. The highest BCUT2D eigenvalue weighted by atomic mass is 16.7. The molecular weight excluding hydrogens is 306 g/mol. The molecule has 1 saturated heterocycles. The van der Waals surface area contributed by atoms with Crippen molar-refractivity contribution in [2.75, 3.05) is 13.3 Å². The Morgan fingerprint density at radius 3 is 2.88 bits per heavy atom. The minimum absolute atomic E-state index is 0.0531. The highest BCUT2D eigenvalue weighted by Crippen LogP contribution is 2.33. The molecule has 3 heterocycles. The maximum Gasteiger partial charge on any atom is 0.254 e. The first-order valence-electron chi connectivity index (χ1n) is 8.33. The second-order valence-electron chi connectivity index (χ2n) is 6.47. The average Bonchev–Trinajstić information content (AvgIpc) is 3.27. The first-order chi connectivity index (χ1) is 11.6. The average molecular weight is 327 g/mol. The Hall–Kier alpha value is -2.50. The number of rotatable bonds is 3. The number of ether oxygens (including phenoxy) is 2. The molecular formula is C18H21N3O3. The summed E-state index contributed by atoms with van der Waals surface area (Å²) in [7, 11) is 0. The zero-order chi connectivity index (χ0) is 16.7. The van der Waals surface area contributed by atoms with Gasteiger partial charge in [-0.3, -0.25) is 9.48 Å². The molecule has 126 valence electrons. The number of likely N-dealkylation sites (tertiary alicyclic amines) is 1. The first-order valence-corrected chi connectivity index (χ1v) is 8.33. The summed E-state index contributed by atoms with van der Waals surface area (Å²) in [6, 6.07) is 7.65. The van der Waals surface area contributed by atoms with Crippen LogP contribution in [0.1, 0.15) is 34.6 Å². The van der Waals surface area contributed by atoms with E-state index >= 15 is 0 Å². The zero-order valence-corrected chi connectivity index (χ0v) is 14.0. The fraction of sp³-hybridized carbons (Fsp3) is 0.444. The second-order valence-corrected chi connectivity index (χ2v) is 6.47. The van der Waals surface area contributed by atoms with Crippen LogP contribution in [0.2, 0.25) is 0 Å². The normalized spacial score (nSPS) is 19.1. The fourth-order valence-electron chi connectivity index (χ4n) is 3.55. The van der Waals surface area contributed by atoms with Crippen LogP contribution in [0.4, 0.5) is 0 Å². The molecule has 0 unspecified atom stereocenters. The van der Waals surface area contributed by atoms with Crippen molar-refractivity contribution >= 4 is 5.91 Å². The SMILES string of the molecule is Cc1cc(C)n(C[C@H]2CCCN2C(=O)c2ccc3c(c2)OCO3)n1. The second kappa shape index (κ2) is 5.85. The van der Waals surface area contributed by atoms with Crippen molar-refractivity contribution in [3.05, 3.63) is 41.2 Å². The molecule has 6 heteroatoms. The van der Waals surface area contributed by atoms with E-state index in [0.717, 1.165) is 37.3 Å². The summed E-state index contributed by atoms with van der Waals surface area (Å²) >= 11 is 0. The van der Waals surface area contributed by atoms with E-state index < -0.39 is 0 Å². The molecule has 6 nitrogen and oxygen atoms in total. The van der Waals surface area contributed by atoms with Crippen molar-refractivity contribution in [1.82, 2.24) is 14.7 Å². The molecule has 0 N–H and O–H groups in total. The molecule has 4 rings (SSSR count). The molecule has 0 bridgehead atoms. The smallest absolute Gasteiger partial charge is 0.254 e. The van der Waals surface area contributed by atoms with Crippen LogP contribution in [0.5, 0.6) is 11.5 Å². The molecule has 1 aromatic carbocycles. The molecule has 0 saturated carbocycles. The lowest BCUT2D eigenvalue weighted by molar-refractivity contribution is 0.0720. The van der Waals surface area contributed by atoms with Crippen LogP contribution >= 0.6 is 0 Å². The van der Waals surface area contributed by atoms with Crippen LogP contribution in [0.15, 0.2) is 24.3 Å². The number of carbonyl (C=O) groups is 1. The Kier molecular flexibility index (Phi) is 3.67. The van der Waals surface area contributed by atoms with Gasteiger partial charge in [0.15, 0.2) is 11.5 Å². The quantitative estimate of drug-likeness (QED) is 0.869. The number of carbonyl (C=O) groups excluding carboxylic acids is 1. The summed E-state index contributed by atoms with van der Waals surface area (Å²) in [6.45, 7) is 5.80. The number of hydrogen-bond acceptors (Lipinski definition) is 4. The van der Waals surface area contributed by atoms with Crippen molar-refractivity contribution in [3.63, 3.8) is 0 Å². The minimum atomic E-state index is 0.0531. The van der Waals surface area contributed by atoms with Crippen LogP contribution < -0.4 is 9.47 Å². The van der Waals surface area contributed by atoms with Crippen molar-refractivity contribution in [2.24, 2.45) is 0 Å². The monoisotopic (exact) mass is 327 g/mol. The molecule has 0 radical (unpaired) electrons. The maximum atomic E-state index is 12.9. The van der Waals surface area contributed by atoms with Gasteiger partial charge in [0.05, 0.1) is 18.3 Å². The number of fused-ring (bicyclic) bond motifs is 1. The van der Waals surface area contributed by atoms with E-state index in [9.17, 15) is 4.79 Å². The number of hydrogen-bond donors (Lipinski definition) is 0. The molecule has 2 aliphatic rings. The van der Waals surface area contributed by atoms with Crippen LogP contribution in [0.3, 0.4) is 0 Å². The third kappa shape index (κ3) is 2.62. The molecule has 24 heavy (non-hydrogen) atoms. The maximum absolute atomic E-state index is 12.9. The number of aromatic nitrogens is 2. The van der Waals surface area contributed by atoms with E-state index in [0.29, 0.717) is 17.1 Å². The molecule has 1 atom stereocenters. The fourth-order valence-corrected chi connectivity index (χ4v) is 3.55. The van der Waals surface area contributed by atoms with Crippen LogP contribution in [0, 0.1) is 13.8 Å². The molecule has 0 aliphatic carbocycles. The molecule has 0 spiro atoms. The van der Waals surface area contributed by atoms with Gasteiger partial charge in [-0.25, -0.2) is 0 Å². The van der Waals surface area contributed by atoms with E-state index in [1.54, 1.807) is 6.07 Å². The van der Waals surface area contributed by atoms with Crippen molar-refractivity contribution in [2.45, 2.75) is 39.3 Å². The Labute approximate surface area is 141 Å². The van der Waals surface area contributed by atoms with Crippen molar-refractivity contribution in [1.29, 1.82) is 0 Å². The summed E-state index contributed by atoms with van der Waals surface area (Å²) in [5.74, 6) is 1.40. The predicted molar refractivity (Wildman–Crippen MR) is 88.3 cm³/mol. The van der Waals surface area contributed by atoms with E-state index in [1.807, 2.05) is 28.6 Å². The van der Waals surface area contributed by atoms with Gasteiger partial charge >= 0.3 is 0 Å². The van der Waals surface area contributed by atoms with Gasteiger partial charge in [0.1, 0.15) is 0 Å². The summed E-state index contributed by atoms with van der Waals surface area (Å²) in [5.41, 5.74) is 2.80. The Balaban J connectivity index is 1.54. The topological polar surface area (TPSA) is 56.6 Å². The van der Waals surface area contributed by atoms with Gasteiger partial charge in [-0.2, -0.15) is 5.10 Å². The van der Waals surface area contributed by atoms with E-state index in [4.69, 9.17) is 9.47 Å². The molecule has 1 amide bonds. The predicted octanol–water partition coefficient (Wildman–Crippen LogP) is 2.53. The standard InChI is InChI=1S/C18H21N3O3/c1-12-8-13(2)21(19-12)10-15-4-3-7-20(15)18(22)14-5-6-16-17(9-14)24-11-23-16/h5-6,8-9,15H,3-4,7,10-11H2,1-2H3/t15-/m1/s1. The van der Waals surface area contributed by atoms with Gasteiger partial charge in [-0.15, -0.1) is 0 Å². The third-order valence-corrected chi connectivity index (χ3v) is 4.74. The van der Waals surface area contributed by atoms with Gasteiger partial charge in [-0.1, -0.05) is 0 Å². The number of nitrogens with zero attached hydrogens (tertiary/aromatic N) is 3. The lowest BCUT2D eigenvalue weighted by atomic mass is 10.1. The van der Waals surface area contributed by atoms with Crippen molar-refractivity contribution < 1.29 is 14.3 Å². The van der Waals surface area contributed by atoms with Crippen molar-refractivity contribution in [3.8, 4) is 11.5 Å². The number of aryl methyl sites for hydroxylation is 2. The van der Waals surface area contributed by atoms with Gasteiger partial charge in [0.25, 0.3) is 5.91 Å². The van der Waals surface area contributed by atoms with E-state index in [-0.39, 0.29) is 18.7 Å². The Morgan fingerprint density at radius 1 is 1.25 bits per heavy atom. The lowest BCUT2D eigenvalue weighted by Gasteiger charge is -2.25. The van der Waals surface area contributed by atoms with Gasteiger partial charge in [0, 0.05) is 17.8 Å². The van der Waals surface area contributed by atoms with Crippen LogP contribution in [-0.4, -0.2) is 40.0 Å². The lowest BCUT2D eigenvalue weighted by Crippen LogP contribution is -2.38. The Bertz CT molecular complexity index is 784. The highest BCUT2D eigenvalue weighted by molar-refractivity contribution is 5.95. The third-order valence-electron chi connectivity index (χ3n) is 4.74. The van der Waals surface area contributed by atoms with Crippen LogP contribution in [-0.2, 0) is 6.54 Å². The van der Waals surface area contributed by atoms with E-state index in [1.165, 1.54) is 0 Å². The molecule has 2 aliphatic heterocycles. The van der Waals surface area contributed by atoms with Gasteiger partial charge < -0.3 is 14.4 Å². The van der Waals surface area contributed by atoms with E-state index in [2.05, 4.69) is 18.1 Å². The summed E-state index contributed by atoms with van der Waals surface area (Å²) in [5, 5.41) is 4.53. The molecule has 1 fully saturated rings.